The van der Waals surface area contributed by atoms with Gasteiger partial charge in [-0.05, 0) is 16.5 Å². The van der Waals surface area contributed by atoms with Crippen molar-refractivity contribution in [2.45, 2.75) is 38.4 Å². The zero-order chi connectivity index (χ0) is 12.6. The third-order valence-electron chi connectivity index (χ3n) is 2.49. The number of nitrogens with two attached hydrogens (primary N) is 1. The Morgan fingerprint density at radius 2 is 1.44 bits per heavy atom. The van der Waals surface area contributed by atoms with E-state index in [2.05, 4.69) is 0 Å². The Morgan fingerprint density at radius 1 is 1.00 bits per heavy atom. The minimum absolute atomic E-state index is 0.0686. The van der Waals surface area contributed by atoms with Crippen LogP contribution in [0.5, 0.6) is 0 Å². The first-order chi connectivity index (χ1) is 7.12. The van der Waals surface area contributed by atoms with Crippen molar-refractivity contribution in [1.82, 2.24) is 0 Å². The van der Waals surface area contributed by atoms with E-state index in [0.29, 0.717) is 0 Å². The van der Waals surface area contributed by atoms with E-state index in [1.807, 2.05) is 20.8 Å². The Kier molecular flexibility index (Phi) is 3.33. The molecule has 1 aromatic rings. The van der Waals surface area contributed by atoms with Gasteiger partial charge in [0.25, 0.3) is 0 Å². The van der Waals surface area contributed by atoms with Crippen LogP contribution < -0.4 is 5.73 Å². The fraction of sp³-hybridized carbons (Fsp3) is 0.500. The van der Waals surface area contributed by atoms with Gasteiger partial charge in [-0.15, -0.1) is 0 Å². The largest absolute Gasteiger partial charge is 0.407 e. The summed E-state index contributed by atoms with van der Waals surface area (Å²) in [6.07, 6.45) is -4.39. The Hall–Kier alpha value is -1.03. The number of halogens is 3. The molecule has 0 amide bonds. The molecule has 1 nitrogen and oxygen atoms in total. The molecule has 4 heteroatoms. The van der Waals surface area contributed by atoms with E-state index in [-0.39, 0.29) is 11.0 Å². The first kappa shape index (κ1) is 13.0. The number of hydrogen-bond acceptors (Lipinski definition) is 1. The molecular formula is C12H16F3N. The molecule has 0 heterocycles. The quantitative estimate of drug-likeness (QED) is 0.786. The summed E-state index contributed by atoms with van der Waals surface area (Å²) in [6, 6.07) is 4.38. The van der Waals surface area contributed by atoms with Crippen LogP contribution in [0.1, 0.15) is 37.9 Å². The van der Waals surface area contributed by atoms with E-state index in [1.54, 1.807) is 12.1 Å². The summed E-state index contributed by atoms with van der Waals surface area (Å²) in [5.74, 6) is 0. The van der Waals surface area contributed by atoms with Gasteiger partial charge in [0.2, 0.25) is 0 Å². The Labute approximate surface area is 93.5 Å². The van der Waals surface area contributed by atoms with Gasteiger partial charge in [-0.3, -0.25) is 0 Å². The molecule has 0 fully saturated rings. The third-order valence-corrected chi connectivity index (χ3v) is 2.49. The second-order valence-corrected chi connectivity index (χ2v) is 4.89. The smallest absolute Gasteiger partial charge is 0.316 e. The van der Waals surface area contributed by atoms with E-state index in [0.717, 1.165) is 5.56 Å². The highest BCUT2D eigenvalue weighted by Gasteiger charge is 2.37. The van der Waals surface area contributed by atoms with Gasteiger partial charge in [0.05, 0.1) is 0 Å². The monoisotopic (exact) mass is 231 g/mol. The molecule has 0 aromatic heterocycles. The normalized spacial score (nSPS) is 14.9. The third kappa shape index (κ3) is 2.98. The van der Waals surface area contributed by atoms with Gasteiger partial charge in [0.1, 0.15) is 6.04 Å². The van der Waals surface area contributed by atoms with Crippen molar-refractivity contribution in [2.24, 2.45) is 5.73 Å². The van der Waals surface area contributed by atoms with Crippen LogP contribution in [-0.2, 0) is 5.41 Å². The second kappa shape index (κ2) is 4.09. The molecule has 0 spiro atoms. The number of benzene rings is 1. The van der Waals surface area contributed by atoms with Gasteiger partial charge in [0, 0.05) is 0 Å². The fourth-order valence-corrected chi connectivity index (χ4v) is 1.38. The van der Waals surface area contributed by atoms with Crippen LogP contribution in [0, 0.1) is 0 Å². The molecule has 0 bridgehead atoms. The summed E-state index contributed by atoms with van der Waals surface area (Å²) in [4.78, 5) is 0. The molecule has 1 atom stereocenters. The maximum absolute atomic E-state index is 12.3. The number of alkyl halides is 3. The first-order valence-corrected chi connectivity index (χ1v) is 5.05. The van der Waals surface area contributed by atoms with E-state index in [4.69, 9.17) is 5.73 Å². The maximum atomic E-state index is 12.3. The summed E-state index contributed by atoms with van der Waals surface area (Å²) in [5, 5.41) is 0. The molecular weight excluding hydrogens is 215 g/mol. The lowest BCUT2D eigenvalue weighted by atomic mass is 9.86. The van der Waals surface area contributed by atoms with E-state index in [9.17, 15) is 13.2 Å². The molecule has 16 heavy (non-hydrogen) atoms. The van der Waals surface area contributed by atoms with E-state index < -0.39 is 12.2 Å². The predicted molar refractivity (Wildman–Crippen MR) is 58.1 cm³/mol. The average Bonchev–Trinajstić information content (AvgIpc) is 2.14. The van der Waals surface area contributed by atoms with Gasteiger partial charge in [-0.2, -0.15) is 13.2 Å². The van der Waals surface area contributed by atoms with Crippen LogP contribution in [0.4, 0.5) is 13.2 Å². The maximum Gasteiger partial charge on any atom is 0.407 e. The standard InChI is InChI=1S/C12H16F3N/c1-11(2,3)9-6-4-8(5-7-9)10(16)12(13,14)15/h4-7,10H,16H2,1-3H3/t10-/m1/s1. The van der Waals surface area contributed by atoms with Crippen molar-refractivity contribution in [1.29, 1.82) is 0 Å². The molecule has 2 N–H and O–H groups in total. The minimum atomic E-state index is -4.39. The van der Waals surface area contributed by atoms with Gasteiger partial charge in [-0.25, -0.2) is 0 Å². The molecule has 0 aliphatic carbocycles. The van der Waals surface area contributed by atoms with E-state index >= 15 is 0 Å². The minimum Gasteiger partial charge on any atom is -0.316 e. The molecule has 0 saturated carbocycles. The molecule has 0 aliphatic heterocycles. The Bertz CT molecular complexity index is 346. The highest BCUT2D eigenvalue weighted by atomic mass is 19.4. The summed E-state index contributed by atoms with van der Waals surface area (Å²) in [6.45, 7) is 6.02. The van der Waals surface area contributed by atoms with Crippen molar-refractivity contribution < 1.29 is 13.2 Å². The first-order valence-electron chi connectivity index (χ1n) is 5.05. The Morgan fingerprint density at radius 3 is 1.75 bits per heavy atom. The zero-order valence-corrected chi connectivity index (χ0v) is 9.60. The molecule has 0 saturated heterocycles. The summed E-state index contributed by atoms with van der Waals surface area (Å²) in [5.41, 5.74) is 6.13. The summed E-state index contributed by atoms with van der Waals surface area (Å²) >= 11 is 0. The second-order valence-electron chi connectivity index (χ2n) is 4.89. The van der Waals surface area contributed by atoms with Crippen molar-refractivity contribution in [2.75, 3.05) is 0 Å². The summed E-state index contributed by atoms with van der Waals surface area (Å²) in [7, 11) is 0. The zero-order valence-electron chi connectivity index (χ0n) is 9.60. The highest BCUT2D eigenvalue weighted by molar-refractivity contribution is 5.29. The SMILES string of the molecule is CC(C)(C)c1ccc([C@@H](N)C(F)(F)F)cc1. The van der Waals surface area contributed by atoms with Gasteiger partial charge in [0.15, 0.2) is 0 Å². The van der Waals surface area contributed by atoms with Crippen LogP contribution in [-0.4, -0.2) is 6.18 Å². The molecule has 0 aliphatic rings. The van der Waals surface area contributed by atoms with Crippen LogP contribution in [0.2, 0.25) is 0 Å². The van der Waals surface area contributed by atoms with Crippen LogP contribution in [0.25, 0.3) is 0 Å². The van der Waals surface area contributed by atoms with E-state index in [1.165, 1.54) is 12.1 Å². The Balaban J connectivity index is 2.96. The van der Waals surface area contributed by atoms with Crippen molar-refractivity contribution in [3.63, 3.8) is 0 Å². The van der Waals surface area contributed by atoms with Crippen molar-refractivity contribution in [3.05, 3.63) is 35.4 Å². The molecule has 0 unspecified atom stereocenters. The molecule has 0 radical (unpaired) electrons. The molecule has 90 valence electrons. The number of rotatable bonds is 1. The van der Waals surface area contributed by atoms with Crippen LogP contribution >= 0.6 is 0 Å². The molecule has 1 aromatic carbocycles. The average molecular weight is 231 g/mol. The topological polar surface area (TPSA) is 26.0 Å². The van der Waals surface area contributed by atoms with Crippen molar-refractivity contribution >= 4 is 0 Å². The predicted octanol–water partition coefficient (Wildman–Crippen LogP) is 3.55. The van der Waals surface area contributed by atoms with Crippen LogP contribution in [0.15, 0.2) is 24.3 Å². The lowest BCUT2D eigenvalue weighted by molar-refractivity contribution is -0.149. The highest BCUT2D eigenvalue weighted by Crippen LogP contribution is 2.31. The molecule has 1 rings (SSSR count). The lowest BCUT2D eigenvalue weighted by Crippen LogP contribution is -2.28. The van der Waals surface area contributed by atoms with Gasteiger partial charge < -0.3 is 5.73 Å². The van der Waals surface area contributed by atoms with Crippen LogP contribution in [0.3, 0.4) is 0 Å². The van der Waals surface area contributed by atoms with Gasteiger partial charge >= 0.3 is 6.18 Å². The summed E-state index contributed by atoms with van der Waals surface area (Å²) < 4.78 is 37.0. The lowest BCUT2D eigenvalue weighted by Gasteiger charge is -2.21. The fourth-order valence-electron chi connectivity index (χ4n) is 1.38. The van der Waals surface area contributed by atoms with Crippen molar-refractivity contribution in [3.8, 4) is 0 Å². The number of hydrogen-bond donors (Lipinski definition) is 1. The van der Waals surface area contributed by atoms with Gasteiger partial charge in [-0.1, -0.05) is 45.0 Å².